The molecule has 0 bridgehead atoms. The van der Waals surface area contributed by atoms with Gasteiger partial charge in [0.05, 0.1) is 0 Å². The average Bonchev–Trinajstić information content (AvgIpc) is 2.42. The van der Waals surface area contributed by atoms with Crippen LogP contribution in [0.1, 0.15) is 11.1 Å². The lowest BCUT2D eigenvalue weighted by atomic mass is 10.2. The van der Waals surface area contributed by atoms with Crippen LogP contribution in [-0.4, -0.2) is 14.1 Å². The van der Waals surface area contributed by atoms with E-state index in [1.54, 1.807) is 12.1 Å². The monoisotopic (exact) mass is 292 g/mol. The van der Waals surface area contributed by atoms with Gasteiger partial charge in [-0.25, -0.2) is 4.39 Å². The number of rotatable bonds is 5. The summed E-state index contributed by atoms with van der Waals surface area (Å²) in [6.45, 7) is 1.19. The van der Waals surface area contributed by atoms with E-state index in [0.717, 1.165) is 5.69 Å². The molecule has 0 amide bonds. The largest absolute Gasteiger partial charge is 0.378 e. The zero-order valence-electron chi connectivity index (χ0n) is 11.7. The summed E-state index contributed by atoms with van der Waals surface area (Å²) in [7, 11) is 4.02. The van der Waals surface area contributed by atoms with Gasteiger partial charge in [-0.1, -0.05) is 29.8 Å². The van der Waals surface area contributed by atoms with Crippen molar-refractivity contribution in [2.24, 2.45) is 0 Å². The summed E-state index contributed by atoms with van der Waals surface area (Å²) in [5.74, 6) is -0.270. The fraction of sp³-hybridized carbons (Fsp3) is 0.250. The van der Waals surface area contributed by atoms with Crippen LogP contribution < -0.4 is 10.2 Å². The third-order valence-corrected chi connectivity index (χ3v) is 3.35. The molecule has 2 aromatic rings. The molecule has 106 valence electrons. The highest BCUT2D eigenvalue weighted by molar-refractivity contribution is 6.30. The van der Waals surface area contributed by atoms with E-state index in [-0.39, 0.29) is 5.82 Å². The summed E-state index contributed by atoms with van der Waals surface area (Å²) in [4.78, 5) is 2.06. The highest BCUT2D eigenvalue weighted by Crippen LogP contribution is 2.15. The molecule has 0 aliphatic heterocycles. The van der Waals surface area contributed by atoms with Crippen molar-refractivity contribution >= 4 is 17.3 Å². The predicted molar refractivity (Wildman–Crippen MR) is 82.7 cm³/mol. The standard InChI is InChI=1S/C16H18ClFN2/c1-20(2)15-7-3-12(4-8-15)10-19-11-13-5-6-14(17)9-16(13)18/h3-9,19H,10-11H2,1-2H3. The van der Waals surface area contributed by atoms with Crippen LogP contribution in [0.25, 0.3) is 0 Å². The second kappa shape index (κ2) is 6.73. The molecule has 2 aromatic carbocycles. The minimum absolute atomic E-state index is 0.270. The quantitative estimate of drug-likeness (QED) is 0.901. The maximum absolute atomic E-state index is 13.6. The lowest BCUT2D eigenvalue weighted by Gasteiger charge is -2.13. The van der Waals surface area contributed by atoms with E-state index in [9.17, 15) is 4.39 Å². The molecule has 0 aromatic heterocycles. The molecule has 0 heterocycles. The maximum Gasteiger partial charge on any atom is 0.129 e. The first kappa shape index (κ1) is 14.8. The number of hydrogen-bond acceptors (Lipinski definition) is 2. The molecule has 20 heavy (non-hydrogen) atoms. The Morgan fingerprint density at radius 3 is 2.35 bits per heavy atom. The summed E-state index contributed by atoms with van der Waals surface area (Å²) in [6.07, 6.45) is 0. The van der Waals surface area contributed by atoms with Crippen molar-refractivity contribution in [2.45, 2.75) is 13.1 Å². The van der Waals surface area contributed by atoms with Crippen molar-refractivity contribution < 1.29 is 4.39 Å². The van der Waals surface area contributed by atoms with E-state index in [1.807, 2.05) is 14.1 Å². The van der Waals surface area contributed by atoms with Gasteiger partial charge in [-0.3, -0.25) is 0 Å². The summed E-state index contributed by atoms with van der Waals surface area (Å²) < 4.78 is 13.6. The Hall–Kier alpha value is -1.58. The number of benzene rings is 2. The van der Waals surface area contributed by atoms with E-state index >= 15 is 0 Å². The minimum Gasteiger partial charge on any atom is -0.378 e. The summed E-state index contributed by atoms with van der Waals surface area (Å²) in [5.41, 5.74) is 2.96. The average molecular weight is 293 g/mol. The van der Waals surface area contributed by atoms with Crippen molar-refractivity contribution in [2.75, 3.05) is 19.0 Å². The van der Waals surface area contributed by atoms with Crippen LogP contribution in [0.4, 0.5) is 10.1 Å². The van der Waals surface area contributed by atoms with Gasteiger partial charge < -0.3 is 10.2 Å². The molecule has 4 heteroatoms. The van der Waals surface area contributed by atoms with Gasteiger partial charge in [-0.05, 0) is 29.8 Å². The zero-order chi connectivity index (χ0) is 14.5. The van der Waals surface area contributed by atoms with Crippen LogP contribution in [0.3, 0.4) is 0 Å². The highest BCUT2D eigenvalue weighted by atomic mass is 35.5. The Morgan fingerprint density at radius 2 is 1.75 bits per heavy atom. The van der Waals surface area contributed by atoms with Crippen LogP contribution in [0, 0.1) is 5.82 Å². The molecule has 0 atom stereocenters. The molecule has 0 saturated carbocycles. The molecule has 0 fully saturated rings. The molecule has 2 nitrogen and oxygen atoms in total. The van der Waals surface area contributed by atoms with Crippen molar-refractivity contribution in [3.63, 3.8) is 0 Å². The SMILES string of the molecule is CN(C)c1ccc(CNCc2ccc(Cl)cc2F)cc1. The van der Waals surface area contributed by atoms with Crippen molar-refractivity contribution in [1.82, 2.24) is 5.32 Å². The van der Waals surface area contributed by atoms with Crippen molar-refractivity contribution in [3.05, 3.63) is 64.4 Å². The third kappa shape index (κ3) is 3.95. The molecule has 2 rings (SSSR count). The van der Waals surface area contributed by atoms with E-state index in [4.69, 9.17) is 11.6 Å². The van der Waals surface area contributed by atoms with Crippen LogP contribution in [0.5, 0.6) is 0 Å². The van der Waals surface area contributed by atoms with Gasteiger partial charge in [0.25, 0.3) is 0 Å². The summed E-state index contributed by atoms with van der Waals surface area (Å²) >= 11 is 5.72. The first-order valence-electron chi connectivity index (χ1n) is 6.47. The Labute approximate surface area is 124 Å². The van der Waals surface area contributed by atoms with Crippen LogP contribution in [0.2, 0.25) is 5.02 Å². The smallest absolute Gasteiger partial charge is 0.129 e. The molecule has 0 spiro atoms. The molecule has 0 radical (unpaired) electrons. The maximum atomic E-state index is 13.6. The Bertz CT molecular complexity index is 567. The van der Waals surface area contributed by atoms with Crippen molar-refractivity contribution in [3.8, 4) is 0 Å². The van der Waals surface area contributed by atoms with E-state index < -0.39 is 0 Å². The molecule has 0 saturated heterocycles. The molecule has 0 aliphatic carbocycles. The Balaban J connectivity index is 1.89. The fourth-order valence-electron chi connectivity index (χ4n) is 1.92. The Kier molecular flexibility index (Phi) is 4.99. The third-order valence-electron chi connectivity index (χ3n) is 3.11. The summed E-state index contributed by atoms with van der Waals surface area (Å²) in [6, 6.07) is 13.0. The number of hydrogen-bond donors (Lipinski definition) is 1. The summed E-state index contributed by atoms with van der Waals surface area (Å²) in [5, 5.41) is 3.65. The van der Waals surface area contributed by atoms with Crippen molar-refractivity contribution in [1.29, 1.82) is 0 Å². The normalized spacial score (nSPS) is 10.6. The number of nitrogens with zero attached hydrogens (tertiary/aromatic N) is 1. The van der Waals surface area contributed by atoms with Crippen LogP contribution in [0.15, 0.2) is 42.5 Å². The number of nitrogens with one attached hydrogen (secondary N) is 1. The van der Waals surface area contributed by atoms with Gasteiger partial charge in [0.15, 0.2) is 0 Å². The van der Waals surface area contributed by atoms with Gasteiger partial charge in [-0.2, -0.15) is 0 Å². The second-order valence-corrected chi connectivity index (χ2v) is 5.34. The van der Waals surface area contributed by atoms with Gasteiger partial charge in [-0.15, -0.1) is 0 Å². The lowest BCUT2D eigenvalue weighted by molar-refractivity contribution is 0.588. The predicted octanol–water partition coefficient (Wildman–Crippen LogP) is 3.83. The zero-order valence-corrected chi connectivity index (χ0v) is 12.4. The molecule has 1 N–H and O–H groups in total. The topological polar surface area (TPSA) is 15.3 Å². The van der Waals surface area contributed by atoms with Gasteiger partial charge in [0.1, 0.15) is 5.82 Å². The molecular weight excluding hydrogens is 275 g/mol. The molecular formula is C16H18ClFN2. The number of halogens is 2. The fourth-order valence-corrected chi connectivity index (χ4v) is 2.08. The van der Waals surface area contributed by atoms with E-state index in [0.29, 0.717) is 23.7 Å². The number of anilines is 1. The van der Waals surface area contributed by atoms with E-state index in [2.05, 4.69) is 34.5 Å². The Morgan fingerprint density at radius 1 is 1.05 bits per heavy atom. The van der Waals surface area contributed by atoms with Crippen LogP contribution >= 0.6 is 11.6 Å². The second-order valence-electron chi connectivity index (χ2n) is 4.90. The lowest BCUT2D eigenvalue weighted by Crippen LogP contribution is -2.14. The van der Waals surface area contributed by atoms with Gasteiger partial charge in [0.2, 0.25) is 0 Å². The van der Waals surface area contributed by atoms with E-state index in [1.165, 1.54) is 11.6 Å². The first-order chi connectivity index (χ1) is 9.56. The van der Waals surface area contributed by atoms with Gasteiger partial charge >= 0.3 is 0 Å². The first-order valence-corrected chi connectivity index (χ1v) is 6.85. The molecule has 0 aliphatic rings. The molecule has 0 unspecified atom stereocenters. The van der Waals surface area contributed by atoms with Gasteiger partial charge in [0, 0.05) is 43.5 Å². The minimum atomic E-state index is -0.270. The highest BCUT2D eigenvalue weighted by Gasteiger charge is 2.02. The van der Waals surface area contributed by atoms with Crippen LogP contribution in [-0.2, 0) is 13.1 Å².